The molecule has 0 radical (unpaired) electrons. The van der Waals surface area contributed by atoms with Crippen molar-refractivity contribution in [1.82, 2.24) is 4.57 Å². The summed E-state index contributed by atoms with van der Waals surface area (Å²) >= 11 is 12.1. The first-order valence-electron chi connectivity index (χ1n) is 8.36. The molecule has 0 amide bonds. The first-order valence-corrected chi connectivity index (χ1v) is 9.11. The molecule has 1 N–H and O–H groups in total. The summed E-state index contributed by atoms with van der Waals surface area (Å²) < 4.78 is 2.36. The van der Waals surface area contributed by atoms with Crippen LogP contribution in [0.5, 0.6) is 0 Å². The fourth-order valence-corrected chi connectivity index (χ4v) is 3.66. The Morgan fingerprint density at radius 2 is 1.64 bits per heavy atom. The standard InChI is InChI=1S/C21H18Cl2N2/c1-2-25-20-6-4-3-5-16(20)17-11-14(7-10-21(17)25)13-24-15-8-9-18(22)19(23)12-15/h3-12,24H,2,13H2,1H3. The van der Waals surface area contributed by atoms with Gasteiger partial charge in [-0.2, -0.15) is 0 Å². The summed E-state index contributed by atoms with van der Waals surface area (Å²) in [6.45, 7) is 3.88. The molecule has 0 fully saturated rings. The van der Waals surface area contributed by atoms with Crippen molar-refractivity contribution in [2.45, 2.75) is 20.0 Å². The van der Waals surface area contributed by atoms with E-state index in [2.05, 4.69) is 59.3 Å². The average Bonchev–Trinajstić information content (AvgIpc) is 2.96. The number of para-hydroxylation sites is 1. The van der Waals surface area contributed by atoms with E-state index in [1.807, 2.05) is 18.2 Å². The largest absolute Gasteiger partial charge is 0.381 e. The number of aryl methyl sites for hydroxylation is 1. The maximum atomic E-state index is 6.08. The van der Waals surface area contributed by atoms with Crippen molar-refractivity contribution in [2.24, 2.45) is 0 Å². The summed E-state index contributed by atoms with van der Waals surface area (Å²) in [6, 6.07) is 20.8. The monoisotopic (exact) mass is 368 g/mol. The highest BCUT2D eigenvalue weighted by Gasteiger charge is 2.09. The molecule has 0 saturated carbocycles. The number of aromatic nitrogens is 1. The molecule has 0 atom stereocenters. The molecular formula is C21H18Cl2N2. The van der Waals surface area contributed by atoms with E-state index in [9.17, 15) is 0 Å². The van der Waals surface area contributed by atoms with Crippen LogP contribution in [0.4, 0.5) is 5.69 Å². The highest BCUT2D eigenvalue weighted by molar-refractivity contribution is 6.42. The van der Waals surface area contributed by atoms with Crippen LogP contribution in [0.3, 0.4) is 0 Å². The van der Waals surface area contributed by atoms with Crippen molar-refractivity contribution in [2.75, 3.05) is 5.32 Å². The van der Waals surface area contributed by atoms with Crippen molar-refractivity contribution in [3.63, 3.8) is 0 Å². The Hall–Kier alpha value is -2.16. The second-order valence-electron chi connectivity index (χ2n) is 6.10. The van der Waals surface area contributed by atoms with Crippen LogP contribution in [0.25, 0.3) is 21.8 Å². The highest BCUT2D eigenvalue weighted by atomic mass is 35.5. The van der Waals surface area contributed by atoms with E-state index in [1.54, 1.807) is 0 Å². The van der Waals surface area contributed by atoms with E-state index >= 15 is 0 Å². The third kappa shape index (κ3) is 2.97. The van der Waals surface area contributed by atoms with E-state index in [4.69, 9.17) is 23.2 Å². The Bertz CT molecular complexity index is 1070. The smallest absolute Gasteiger partial charge is 0.0612 e. The summed E-state index contributed by atoms with van der Waals surface area (Å²) in [5.41, 5.74) is 4.76. The Morgan fingerprint density at radius 1 is 0.840 bits per heavy atom. The van der Waals surface area contributed by atoms with Crippen LogP contribution >= 0.6 is 23.2 Å². The minimum Gasteiger partial charge on any atom is -0.381 e. The molecule has 4 heteroatoms. The molecule has 25 heavy (non-hydrogen) atoms. The van der Waals surface area contributed by atoms with Crippen LogP contribution < -0.4 is 5.32 Å². The lowest BCUT2D eigenvalue weighted by atomic mass is 10.1. The Labute approximate surface area is 157 Å². The fourth-order valence-electron chi connectivity index (χ4n) is 3.36. The van der Waals surface area contributed by atoms with E-state index in [1.165, 1.54) is 27.4 Å². The molecule has 0 aliphatic rings. The van der Waals surface area contributed by atoms with Gasteiger partial charge in [0.05, 0.1) is 10.0 Å². The van der Waals surface area contributed by atoms with Gasteiger partial charge >= 0.3 is 0 Å². The molecule has 0 aliphatic carbocycles. The maximum Gasteiger partial charge on any atom is 0.0612 e. The van der Waals surface area contributed by atoms with Gasteiger partial charge in [0.1, 0.15) is 0 Å². The molecule has 1 heterocycles. The van der Waals surface area contributed by atoms with Gasteiger partial charge in [-0.3, -0.25) is 0 Å². The number of rotatable bonds is 4. The first-order chi connectivity index (χ1) is 12.2. The Kier molecular flexibility index (Phi) is 4.32. The molecule has 0 spiro atoms. The van der Waals surface area contributed by atoms with Crippen molar-refractivity contribution >= 4 is 50.7 Å². The zero-order valence-electron chi connectivity index (χ0n) is 13.9. The molecule has 0 bridgehead atoms. The highest BCUT2D eigenvalue weighted by Crippen LogP contribution is 2.30. The van der Waals surface area contributed by atoms with Gasteiger partial charge in [0.25, 0.3) is 0 Å². The van der Waals surface area contributed by atoms with E-state index in [-0.39, 0.29) is 0 Å². The van der Waals surface area contributed by atoms with Crippen LogP contribution in [0.2, 0.25) is 10.0 Å². The summed E-state index contributed by atoms with van der Waals surface area (Å²) in [5, 5.41) is 7.14. The lowest BCUT2D eigenvalue weighted by Gasteiger charge is -2.08. The molecule has 1 aromatic heterocycles. The summed E-state index contributed by atoms with van der Waals surface area (Å²) in [6.07, 6.45) is 0. The predicted molar refractivity (Wildman–Crippen MR) is 109 cm³/mol. The van der Waals surface area contributed by atoms with Gasteiger partial charge in [-0.05, 0) is 48.9 Å². The molecule has 126 valence electrons. The minimum atomic E-state index is 0.563. The van der Waals surface area contributed by atoms with Gasteiger partial charge in [-0.15, -0.1) is 0 Å². The second kappa shape index (κ2) is 6.62. The number of hydrogen-bond acceptors (Lipinski definition) is 1. The Balaban J connectivity index is 1.69. The summed E-state index contributed by atoms with van der Waals surface area (Å²) in [7, 11) is 0. The number of halogens is 2. The number of nitrogens with zero attached hydrogens (tertiary/aromatic N) is 1. The van der Waals surface area contributed by atoms with Crippen LogP contribution in [0.1, 0.15) is 12.5 Å². The number of hydrogen-bond donors (Lipinski definition) is 1. The van der Waals surface area contributed by atoms with Crippen LogP contribution in [0, 0.1) is 0 Å². The molecule has 4 rings (SSSR count). The molecule has 2 nitrogen and oxygen atoms in total. The van der Waals surface area contributed by atoms with Gasteiger partial charge in [0.2, 0.25) is 0 Å². The second-order valence-corrected chi connectivity index (χ2v) is 6.91. The molecular weight excluding hydrogens is 351 g/mol. The predicted octanol–water partition coefficient (Wildman–Crippen LogP) is 6.73. The van der Waals surface area contributed by atoms with Crippen LogP contribution in [0.15, 0.2) is 60.7 Å². The van der Waals surface area contributed by atoms with Crippen LogP contribution in [-0.2, 0) is 13.1 Å². The number of fused-ring (bicyclic) bond motifs is 3. The van der Waals surface area contributed by atoms with Crippen molar-refractivity contribution in [3.8, 4) is 0 Å². The number of nitrogens with one attached hydrogen (secondary N) is 1. The average molecular weight is 369 g/mol. The van der Waals surface area contributed by atoms with Crippen LogP contribution in [-0.4, -0.2) is 4.57 Å². The lowest BCUT2D eigenvalue weighted by Crippen LogP contribution is -1.99. The summed E-state index contributed by atoms with van der Waals surface area (Å²) in [4.78, 5) is 0. The van der Waals surface area contributed by atoms with E-state index in [0.29, 0.717) is 10.0 Å². The maximum absolute atomic E-state index is 6.08. The minimum absolute atomic E-state index is 0.563. The van der Waals surface area contributed by atoms with Gasteiger partial charge < -0.3 is 9.88 Å². The lowest BCUT2D eigenvalue weighted by molar-refractivity contribution is 0.827. The zero-order valence-corrected chi connectivity index (χ0v) is 15.4. The van der Waals surface area contributed by atoms with Gasteiger partial charge in [0.15, 0.2) is 0 Å². The van der Waals surface area contributed by atoms with E-state index in [0.717, 1.165) is 18.8 Å². The third-order valence-corrected chi connectivity index (χ3v) is 5.31. The zero-order chi connectivity index (χ0) is 17.4. The Morgan fingerprint density at radius 3 is 2.44 bits per heavy atom. The third-order valence-electron chi connectivity index (χ3n) is 4.57. The van der Waals surface area contributed by atoms with Crippen molar-refractivity contribution in [3.05, 3.63) is 76.3 Å². The molecule has 4 aromatic rings. The molecule has 0 unspecified atom stereocenters. The van der Waals surface area contributed by atoms with Gasteiger partial charge in [-0.1, -0.05) is 47.5 Å². The quantitative estimate of drug-likeness (QED) is 0.422. The van der Waals surface area contributed by atoms with Gasteiger partial charge in [0, 0.05) is 40.6 Å². The normalized spacial score (nSPS) is 11.3. The van der Waals surface area contributed by atoms with Crippen molar-refractivity contribution < 1.29 is 0 Å². The SMILES string of the molecule is CCn1c2ccccc2c2cc(CNc3ccc(Cl)c(Cl)c3)ccc21. The number of benzene rings is 3. The van der Waals surface area contributed by atoms with E-state index < -0.39 is 0 Å². The number of anilines is 1. The molecule has 0 aliphatic heterocycles. The topological polar surface area (TPSA) is 17.0 Å². The molecule has 0 saturated heterocycles. The summed E-state index contributed by atoms with van der Waals surface area (Å²) in [5.74, 6) is 0. The molecule has 3 aromatic carbocycles. The van der Waals surface area contributed by atoms with Gasteiger partial charge in [-0.25, -0.2) is 0 Å². The van der Waals surface area contributed by atoms with Crippen molar-refractivity contribution in [1.29, 1.82) is 0 Å². The first kappa shape index (κ1) is 16.3. The fraction of sp³-hybridized carbons (Fsp3) is 0.143.